The third-order valence-corrected chi connectivity index (χ3v) is 2.54. The van der Waals surface area contributed by atoms with Crippen LogP contribution in [0.25, 0.3) is 0 Å². The number of hydrogen-bond acceptors (Lipinski definition) is 3. The van der Waals surface area contributed by atoms with Crippen molar-refractivity contribution in [2.24, 2.45) is 7.05 Å². The highest BCUT2D eigenvalue weighted by Gasteiger charge is 2.20. The number of aryl methyl sites for hydroxylation is 1. The minimum Gasteiger partial charge on any atom is -0.491 e. The number of methoxy groups -OCH3 is 1. The molecule has 0 bridgehead atoms. The molecule has 0 spiro atoms. The number of nitrogens with zero attached hydrogens (tertiary/aromatic N) is 2. The zero-order valence-corrected chi connectivity index (χ0v) is 10.3. The molecule has 0 atom stereocenters. The van der Waals surface area contributed by atoms with E-state index in [0.29, 0.717) is 0 Å². The van der Waals surface area contributed by atoms with Gasteiger partial charge in [0.1, 0.15) is 0 Å². The first kappa shape index (κ1) is 13.0. The second-order valence-corrected chi connectivity index (χ2v) is 3.76. The summed E-state index contributed by atoms with van der Waals surface area (Å²) in [5, 5.41) is 2.41. The van der Waals surface area contributed by atoms with Crippen LogP contribution in [-0.4, -0.2) is 22.6 Å². The van der Waals surface area contributed by atoms with Gasteiger partial charge in [0.25, 0.3) is 5.91 Å². The van der Waals surface area contributed by atoms with E-state index in [1.165, 1.54) is 6.20 Å². The van der Waals surface area contributed by atoms with Gasteiger partial charge in [-0.05, 0) is 12.1 Å². The molecule has 2 rings (SSSR count). The molecule has 0 saturated heterocycles. The van der Waals surface area contributed by atoms with Crippen molar-refractivity contribution >= 4 is 11.9 Å². The van der Waals surface area contributed by atoms with Crippen LogP contribution in [0, 0.1) is 11.6 Å². The first-order valence-corrected chi connectivity index (χ1v) is 5.35. The van der Waals surface area contributed by atoms with Crippen LogP contribution in [-0.2, 0) is 7.05 Å². The Hall–Kier alpha value is -2.44. The van der Waals surface area contributed by atoms with Crippen molar-refractivity contribution in [3.63, 3.8) is 0 Å². The molecule has 0 fully saturated rings. The summed E-state index contributed by atoms with van der Waals surface area (Å²) < 4.78 is 33.2. The Morgan fingerprint density at radius 2 is 2.16 bits per heavy atom. The average molecular weight is 267 g/mol. The normalized spacial score (nSPS) is 10.3. The predicted octanol–water partition coefficient (Wildman–Crippen LogP) is 1.96. The van der Waals surface area contributed by atoms with Gasteiger partial charge in [0.15, 0.2) is 17.4 Å². The first-order valence-electron chi connectivity index (χ1n) is 5.35. The molecule has 1 amide bonds. The van der Waals surface area contributed by atoms with Crippen LogP contribution in [0.2, 0.25) is 0 Å². The van der Waals surface area contributed by atoms with Crippen molar-refractivity contribution in [2.75, 3.05) is 12.4 Å². The number of amides is 1. The number of halogens is 2. The van der Waals surface area contributed by atoms with Crippen LogP contribution in [0.4, 0.5) is 14.7 Å². The summed E-state index contributed by atoms with van der Waals surface area (Å²) in [7, 11) is 2.80. The molecule has 0 unspecified atom stereocenters. The summed E-state index contributed by atoms with van der Waals surface area (Å²) in [5.74, 6) is -2.98. The molecule has 1 aromatic heterocycles. The number of aromatic nitrogens is 2. The first-order chi connectivity index (χ1) is 9.04. The minimum atomic E-state index is -1.05. The van der Waals surface area contributed by atoms with Gasteiger partial charge < -0.3 is 9.30 Å². The van der Waals surface area contributed by atoms with E-state index in [9.17, 15) is 13.6 Å². The smallest absolute Gasteiger partial charge is 0.261 e. The van der Waals surface area contributed by atoms with E-state index in [4.69, 9.17) is 0 Å². The predicted molar refractivity (Wildman–Crippen MR) is 64.1 cm³/mol. The molecule has 19 heavy (non-hydrogen) atoms. The number of nitrogens with one attached hydrogen (secondary N) is 1. The summed E-state index contributed by atoms with van der Waals surface area (Å²) in [6, 6.07) is 2.01. The molecule has 0 saturated carbocycles. The Labute approximate surface area is 107 Å². The fraction of sp³-hybridized carbons (Fsp3) is 0.167. The number of carbonyl (C=O) groups excluding carboxylic acids is 1. The lowest BCUT2D eigenvalue weighted by atomic mass is 10.2. The van der Waals surface area contributed by atoms with Gasteiger partial charge in [-0.3, -0.25) is 10.1 Å². The van der Waals surface area contributed by atoms with E-state index in [1.807, 2.05) is 0 Å². The van der Waals surface area contributed by atoms with Gasteiger partial charge in [0, 0.05) is 19.4 Å². The Bertz CT molecular complexity index is 625. The molecule has 0 aliphatic heterocycles. The van der Waals surface area contributed by atoms with Crippen LogP contribution >= 0.6 is 0 Å². The zero-order valence-electron chi connectivity index (χ0n) is 10.3. The van der Waals surface area contributed by atoms with Gasteiger partial charge in [-0.2, -0.15) is 0 Å². The van der Waals surface area contributed by atoms with E-state index in [0.717, 1.165) is 19.2 Å². The largest absolute Gasteiger partial charge is 0.491 e. The lowest BCUT2D eigenvalue weighted by Crippen LogP contribution is -2.17. The standard InChI is InChI=1S/C12H11F2N3O2/c1-17-6-5-15-12(17)16-11(18)7-3-4-8(13)10(19-2)9(7)14/h3-6H,1-2H3,(H,15,16,18). The minimum absolute atomic E-state index is 0.257. The second-order valence-electron chi connectivity index (χ2n) is 3.76. The lowest BCUT2D eigenvalue weighted by Gasteiger charge is -2.09. The Kier molecular flexibility index (Phi) is 3.46. The van der Waals surface area contributed by atoms with E-state index in [-0.39, 0.29) is 11.5 Å². The van der Waals surface area contributed by atoms with E-state index < -0.39 is 23.3 Å². The van der Waals surface area contributed by atoms with Gasteiger partial charge in [0.2, 0.25) is 5.95 Å². The highest BCUT2D eigenvalue weighted by molar-refractivity contribution is 6.03. The van der Waals surface area contributed by atoms with Crippen molar-refractivity contribution < 1.29 is 18.3 Å². The summed E-state index contributed by atoms with van der Waals surface area (Å²) in [4.78, 5) is 15.8. The van der Waals surface area contributed by atoms with Crippen molar-refractivity contribution in [3.05, 3.63) is 41.7 Å². The molecule has 0 radical (unpaired) electrons. The van der Waals surface area contributed by atoms with Crippen LogP contribution in [0.15, 0.2) is 24.5 Å². The quantitative estimate of drug-likeness (QED) is 0.924. The number of anilines is 1. The number of rotatable bonds is 3. The summed E-state index contributed by atoms with van der Waals surface area (Å²) in [6.45, 7) is 0. The summed E-state index contributed by atoms with van der Waals surface area (Å²) in [6.07, 6.45) is 3.11. The van der Waals surface area contributed by atoms with Crippen LogP contribution < -0.4 is 10.1 Å². The highest BCUT2D eigenvalue weighted by atomic mass is 19.1. The van der Waals surface area contributed by atoms with Crippen molar-refractivity contribution in [3.8, 4) is 5.75 Å². The van der Waals surface area contributed by atoms with Crippen LogP contribution in [0.5, 0.6) is 5.75 Å². The molecular formula is C12H11F2N3O2. The van der Waals surface area contributed by atoms with Crippen molar-refractivity contribution in [1.82, 2.24) is 9.55 Å². The average Bonchev–Trinajstić information content (AvgIpc) is 2.75. The van der Waals surface area contributed by atoms with Crippen molar-refractivity contribution in [1.29, 1.82) is 0 Å². The maximum absolute atomic E-state index is 13.9. The topological polar surface area (TPSA) is 56.1 Å². The third kappa shape index (κ3) is 2.40. The fourth-order valence-electron chi connectivity index (χ4n) is 1.55. The molecule has 5 nitrogen and oxygen atoms in total. The van der Waals surface area contributed by atoms with Gasteiger partial charge in [-0.25, -0.2) is 13.8 Å². The molecule has 0 aliphatic rings. The summed E-state index contributed by atoms with van der Waals surface area (Å²) in [5.41, 5.74) is -0.318. The molecule has 1 N–H and O–H groups in total. The molecule has 0 aliphatic carbocycles. The maximum atomic E-state index is 13.9. The molecule has 2 aromatic rings. The number of carbonyl (C=O) groups is 1. The maximum Gasteiger partial charge on any atom is 0.261 e. The van der Waals surface area contributed by atoms with Crippen LogP contribution in [0.1, 0.15) is 10.4 Å². The number of benzene rings is 1. The van der Waals surface area contributed by atoms with Crippen molar-refractivity contribution in [2.45, 2.75) is 0 Å². The Balaban J connectivity index is 2.32. The van der Waals surface area contributed by atoms with E-state index in [1.54, 1.807) is 17.8 Å². The number of hydrogen-bond donors (Lipinski definition) is 1. The van der Waals surface area contributed by atoms with E-state index in [2.05, 4.69) is 15.0 Å². The SMILES string of the molecule is COc1c(F)ccc(C(=O)Nc2nccn2C)c1F. The second kappa shape index (κ2) is 5.05. The number of imidazole rings is 1. The molecule has 7 heteroatoms. The van der Waals surface area contributed by atoms with Gasteiger partial charge >= 0.3 is 0 Å². The fourth-order valence-corrected chi connectivity index (χ4v) is 1.55. The van der Waals surface area contributed by atoms with Gasteiger partial charge in [-0.1, -0.05) is 0 Å². The zero-order chi connectivity index (χ0) is 14.0. The molecule has 1 aromatic carbocycles. The Morgan fingerprint density at radius 3 is 2.74 bits per heavy atom. The molecule has 100 valence electrons. The highest BCUT2D eigenvalue weighted by Crippen LogP contribution is 2.24. The van der Waals surface area contributed by atoms with Crippen LogP contribution in [0.3, 0.4) is 0 Å². The monoisotopic (exact) mass is 267 g/mol. The van der Waals surface area contributed by atoms with E-state index >= 15 is 0 Å². The van der Waals surface area contributed by atoms with Gasteiger partial charge in [0.05, 0.1) is 12.7 Å². The number of ether oxygens (including phenoxy) is 1. The Morgan fingerprint density at radius 1 is 1.42 bits per heavy atom. The molecule has 1 heterocycles. The lowest BCUT2D eigenvalue weighted by molar-refractivity contribution is 0.102. The molecular weight excluding hydrogens is 256 g/mol. The third-order valence-electron chi connectivity index (χ3n) is 2.54. The summed E-state index contributed by atoms with van der Waals surface area (Å²) >= 11 is 0. The van der Waals surface area contributed by atoms with Gasteiger partial charge in [-0.15, -0.1) is 0 Å².